The minimum Gasteiger partial charge on any atom is -0.496 e. The third-order valence-electron chi connectivity index (χ3n) is 22.3. The van der Waals surface area contributed by atoms with Crippen LogP contribution in [0.25, 0.3) is 0 Å². The molecule has 6 saturated carbocycles. The topological polar surface area (TPSA) is 309 Å². The molecule has 4 aromatic carbocycles. The first-order valence-electron chi connectivity index (χ1n) is 37.4. The predicted octanol–water partition coefficient (Wildman–Crippen LogP) is 16.3. The van der Waals surface area contributed by atoms with Crippen molar-refractivity contribution >= 4 is 101 Å². The standard InChI is InChI=1S/C43H56BN3O10S.C38H48BN3O8S.ClH/c1-40(2,3)54-36(49)29-18-14-17-26(35(29)52-10)19-28(44-56-33-21-27-20-32(42(27,7)8)43(33,9)57-44)22-31(48)34(46-39(51)55-41(4,5)6)30-24-58-37(45-30)47-38(50)53-23-25-15-12-11-13-16-25;1-36(2,3)48-33(44)26-15-11-14-23(32(26)46-7)16-25(39-49-30-18-24-17-29(37(24,4)5)38(30,6)50-39)19-28(43)31(40)27-21-51-34(41-27)42-35(45)47-20-22-12-9-8-10-13-22;/h11-18,24,27-28,32-34H,19-23H2,1-10H3,(H,46,51)(H,45,47,50);8-15,21,24-25,29-31H,16-20,40H2,1-7H3,(H,41,42,45);1H/t27-,28+,32-,33?,34?,43-;24-,25+,29-,30?,31?,38-;/m00./s1. The van der Waals surface area contributed by atoms with E-state index in [-0.39, 0.29) is 101 Å². The normalized spacial score (nSPS) is 23.5. The van der Waals surface area contributed by atoms with E-state index in [2.05, 4.69) is 67.5 Å². The van der Waals surface area contributed by atoms with Crippen LogP contribution in [0.1, 0.15) is 209 Å². The largest absolute Gasteiger partial charge is 0.496 e. The Balaban J connectivity index is 0.000000234. The van der Waals surface area contributed by atoms with Gasteiger partial charge in [0.05, 0.1) is 49.0 Å². The number of ether oxygens (including phenoxy) is 7. The lowest BCUT2D eigenvalue weighted by atomic mass is 9.43. The highest BCUT2D eigenvalue weighted by atomic mass is 35.5. The molecule has 592 valence electrons. The third-order valence-corrected chi connectivity index (χ3v) is 23.8. The summed E-state index contributed by atoms with van der Waals surface area (Å²) in [6.45, 7) is 29.6. The molecule has 14 rings (SSSR count). The molecule has 0 radical (unpaired) electrons. The van der Waals surface area contributed by atoms with E-state index in [1.807, 2.05) is 93.6 Å². The summed E-state index contributed by atoms with van der Waals surface area (Å²) in [6, 6.07) is 26.9. The van der Waals surface area contributed by atoms with Gasteiger partial charge in [-0.15, -0.1) is 35.1 Å². The monoisotopic (exact) mass is 1570 g/mol. The van der Waals surface area contributed by atoms with Crippen LogP contribution in [0.15, 0.2) is 108 Å². The van der Waals surface area contributed by atoms with Crippen LogP contribution in [0.2, 0.25) is 11.6 Å². The molecule has 2 saturated heterocycles. The molecule has 6 aromatic rings. The van der Waals surface area contributed by atoms with Crippen molar-refractivity contribution in [1.29, 1.82) is 0 Å². The predicted molar refractivity (Wildman–Crippen MR) is 422 cm³/mol. The van der Waals surface area contributed by atoms with Crippen LogP contribution >= 0.6 is 35.1 Å². The smallest absolute Gasteiger partial charge is 0.461 e. The number of para-hydroxylation sites is 2. The summed E-state index contributed by atoms with van der Waals surface area (Å²) in [5.74, 6) is -0.346. The summed E-state index contributed by atoms with van der Waals surface area (Å²) in [5, 5.41) is 11.7. The van der Waals surface area contributed by atoms with Crippen molar-refractivity contribution in [1.82, 2.24) is 15.3 Å². The molecule has 8 aliphatic rings. The zero-order valence-corrected chi connectivity index (χ0v) is 68.4. The average Bonchev–Trinajstić information content (AvgIpc) is 1.44. The quantitative estimate of drug-likeness (QED) is 0.0235. The molecule has 4 heterocycles. The highest BCUT2D eigenvalue weighted by Crippen LogP contribution is 2.68. The highest BCUT2D eigenvalue weighted by molar-refractivity contribution is 7.14. The van der Waals surface area contributed by atoms with Crippen molar-refractivity contribution < 1.29 is 85.3 Å². The van der Waals surface area contributed by atoms with Crippen molar-refractivity contribution in [3.8, 4) is 11.5 Å². The van der Waals surface area contributed by atoms with Gasteiger partial charge in [-0.3, -0.25) is 20.2 Å². The summed E-state index contributed by atoms with van der Waals surface area (Å²) in [7, 11) is 1.53. The van der Waals surface area contributed by atoms with E-state index in [4.69, 9.17) is 57.5 Å². The number of carbonyl (C=O) groups is 7. The van der Waals surface area contributed by atoms with Gasteiger partial charge >= 0.3 is 44.5 Å². The number of hydrogen-bond acceptors (Lipinski definition) is 23. The van der Waals surface area contributed by atoms with Gasteiger partial charge < -0.3 is 62.8 Å². The Morgan fingerprint density at radius 3 is 1.34 bits per heavy atom. The first-order chi connectivity index (χ1) is 51.2. The lowest BCUT2D eigenvalue weighted by Crippen LogP contribution is -2.65. The maximum absolute atomic E-state index is 14.7. The SMILES string of the molecule is COc1c(C[C@H](CC(=O)C(N)c2csc(NC(=O)OCc3ccccc3)n2)B2OC3C[C@@H]4C[C@@H](C4(C)C)[C@]3(C)O2)cccc1C(=O)OC(C)(C)C.COc1c(C[C@H](CC(=O)C(NC(=O)OC(C)(C)C)c2csc(NC(=O)OCc3ccccc3)n2)B2OC3C[C@@H]4C[C@@H](C4(C)C)[C@]3(C)O2)cccc1C(=O)OC(C)(C)C.Cl. The van der Waals surface area contributed by atoms with Crippen LogP contribution in [0, 0.1) is 34.5 Å². The Kier molecular flexibility index (Phi) is 25.9. The summed E-state index contributed by atoms with van der Waals surface area (Å²) in [6.07, 6.45) is 1.90. The molecule has 3 amide bonds. The first-order valence-corrected chi connectivity index (χ1v) is 39.1. The van der Waals surface area contributed by atoms with E-state index in [1.165, 1.54) is 14.2 Å². The Hall–Kier alpha value is -7.95. The Morgan fingerprint density at radius 1 is 0.536 bits per heavy atom. The molecule has 2 aliphatic heterocycles. The lowest BCUT2D eigenvalue weighted by Gasteiger charge is -2.64. The van der Waals surface area contributed by atoms with E-state index >= 15 is 0 Å². The summed E-state index contributed by atoms with van der Waals surface area (Å²) in [4.78, 5) is 103. The van der Waals surface area contributed by atoms with Gasteiger partial charge in [-0.25, -0.2) is 33.9 Å². The molecule has 5 N–H and O–H groups in total. The molecule has 12 atom stereocenters. The molecular formula is C81H105B2ClN6O18S2. The average molecular weight is 1570 g/mol. The van der Waals surface area contributed by atoms with Crippen molar-refractivity contribution in [2.24, 2.45) is 40.2 Å². The van der Waals surface area contributed by atoms with Crippen LogP contribution in [-0.4, -0.2) is 120 Å². The van der Waals surface area contributed by atoms with E-state index in [9.17, 15) is 33.6 Å². The molecule has 6 aliphatic carbocycles. The van der Waals surface area contributed by atoms with Crippen molar-refractivity contribution in [2.75, 3.05) is 24.9 Å². The number of anilines is 2. The number of esters is 2. The molecule has 8 fully saturated rings. The molecule has 4 unspecified atom stereocenters. The lowest BCUT2D eigenvalue weighted by molar-refractivity contribution is -0.199. The maximum Gasteiger partial charge on any atom is 0.461 e. The second-order valence-corrected chi connectivity index (χ2v) is 35.7. The number of nitrogens with two attached hydrogens (primary N) is 1. The summed E-state index contributed by atoms with van der Waals surface area (Å²) >= 11 is 2.24. The van der Waals surface area contributed by atoms with E-state index in [0.29, 0.717) is 52.5 Å². The van der Waals surface area contributed by atoms with Crippen LogP contribution in [-0.2, 0) is 77.9 Å². The van der Waals surface area contributed by atoms with Crippen LogP contribution in [0.5, 0.6) is 11.5 Å². The fraction of sp³-hybridized carbons (Fsp3) is 0.543. The molecule has 0 spiro atoms. The van der Waals surface area contributed by atoms with Gasteiger partial charge in [-0.1, -0.05) is 113 Å². The molecule has 4 bridgehead atoms. The van der Waals surface area contributed by atoms with E-state index in [0.717, 1.165) is 65.0 Å². The number of nitrogens with one attached hydrogen (secondary N) is 3. The van der Waals surface area contributed by atoms with Gasteiger partial charge in [-0.2, -0.15) is 0 Å². The number of nitrogens with zero attached hydrogens (tertiary/aromatic N) is 2. The second kappa shape index (κ2) is 33.8. The van der Waals surface area contributed by atoms with Crippen molar-refractivity contribution in [3.63, 3.8) is 0 Å². The van der Waals surface area contributed by atoms with E-state index in [1.54, 1.807) is 76.6 Å². The van der Waals surface area contributed by atoms with Gasteiger partial charge in [0.15, 0.2) is 21.8 Å². The minimum atomic E-state index is -1.26. The number of benzene rings is 4. The Bertz CT molecular complexity index is 4300. The fourth-order valence-corrected chi connectivity index (χ4v) is 18.0. The summed E-state index contributed by atoms with van der Waals surface area (Å²) < 4.78 is 66.5. The Labute approximate surface area is 659 Å². The highest BCUT2D eigenvalue weighted by Gasteiger charge is 2.70. The van der Waals surface area contributed by atoms with Gasteiger partial charge in [0.2, 0.25) is 0 Å². The number of methoxy groups -OCH3 is 2. The van der Waals surface area contributed by atoms with Crippen LogP contribution < -0.4 is 31.2 Å². The van der Waals surface area contributed by atoms with Gasteiger partial charge in [0.25, 0.3) is 0 Å². The zero-order chi connectivity index (χ0) is 78.9. The van der Waals surface area contributed by atoms with E-state index < -0.39 is 102 Å². The van der Waals surface area contributed by atoms with Gasteiger partial charge in [0.1, 0.15) is 64.7 Å². The zero-order valence-electron chi connectivity index (χ0n) is 65.9. The molecule has 2 aromatic heterocycles. The molecule has 24 nitrogen and oxygen atoms in total. The number of carbonyl (C=O) groups excluding carboxylic acids is 7. The number of amides is 3. The number of rotatable bonds is 25. The number of Topliss-reactive ketones (excluding diaryl/α,β-unsaturated/α-hetero) is 2. The first kappa shape index (κ1) is 84.5. The van der Waals surface area contributed by atoms with Crippen molar-refractivity contribution in [2.45, 2.75) is 232 Å². The molecule has 29 heteroatoms. The molecular weight excluding hydrogens is 1470 g/mol. The number of halogens is 1. The van der Waals surface area contributed by atoms with Gasteiger partial charge in [0, 0.05) is 35.2 Å². The third kappa shape index (κ3) is 19.4. The maximum atomic E-state index is 14.7. The minimum absolute atomic E-state index is 0. The Morgan fingerprint density at radius 2 is 0.936 bits per heavy atom. The van der Waals surface area contributed by atoms with Gasteiger partial charge in [-0.05, 0) is 184 Å². The van der Waals surface area contributed by atoms with Crippen molar-refractivity contribution in [3.05, 3.63) is 153 Å². The van der Waals surface area contributed by atoms with Crippen LogP contribution in [0.4, 0.5) is 24.6 Å². The fourth-order valence-electron chi connectivity index (χ4n) is 16.6. The number of ketones is 2. The summed E-state index contributed by atoms with van der Waals surface area (Å²) in [5.41, 5.74) is 7.59. The number of thiazole rings is 2. The number of alkyl carbamates (subject to hydrolysis) is 1. The van der Waals surface area contributed by atoms with Crippen LogP contribution in [0.3, 0.4) is 0 Å². The second-order valence-electron chi connectivity index (χ2n) is 34.0. The number of aromatic nitrogens is 2. The number of hydrogen-bond donors (Lipinski definition) is 4. The molecule has 110 heavy (non-hydrogen) atoms.